The standard InChI is InChI=1S/C13H22N4O2/c1-3-19-8-11-15-10(14)7-12(16-11)17-6-4-5-13(2,18)9-17/h7,18H,3-6,8-9H2,1-2H3,(H2,14,15,16). The fraction of sp³-hybridized carbons (Fsp3) is 0.692. The van der Waals surface area contributed by atoms with Gasteiger partial charge >= 0.3 is 0 Å². The third kappa shape index (κ3) is 3.78. The minimum Gasteiger partial charge on any atom is -0.388 e. The monoisotopic (exact) mass is 266 g/mol. The zero-order chi connectivity index (χ0) is 13.9. The maximum absolute atomic E-state index is 10.1. The molecule has 19 heavy (non-hydrogen) atoms. The molecule has 0 bridgehead atoms. The topological polar surface area (TPSA) is 84.5 Å². The van der Waals surface area contributed by atoms with Crippen LogP contribution in [-0.4, -0.2) is 40.4 Å². The van der Waals surface area contributed by atoms with Crippen LogP contribution in [0.15, 0.2) is 6.07 Å². The summed E-state index contributed by atoms with van der Waals surface area (Å²) in [5.74, 6) is 1.79. The number of nitrogens with zero attached hydrogens (tertiary/aromatic N) is 3. The van der Waals surface area contributed by atoms with Crippen LogP contribution in [0.2, 0.25) is 0 Å². The summed E-state index contributed by atoms with van der Waals surface area (Å²) in [5.41, 5.74) is 5.14. The predicted molar refractivity (Wildman–Crippen MR) is 73.8 cm³/mol. The molecule has 1 aliphatic heterocycles. The second-order valence-corrected chi connectivity index (χ2v) is 5.23. The van der Waals surface area contributed by atoms with Gasteiger partial charge in [-0.25, -0.2) is 9.97 Å². The average Bonchev–Trinajstić information content (AvgIpc) is 2.34. The number of nitrogen functional groups attached to an aromatic ring is 1. The Labute approximate surface area is 113 Å². The van der Waals surface area contributed by atoms with E-state index in [0.717, 1.165) is 25.2 Å². The van der Waals surface area contributed by atoms with Crippen LogP contribution in [-0.2, 0) is 11.3 Å². The van der Waals surface area contributed by atoms with Gasteiger partial charge < -0.3 is 20.5 Å². The van der Waals surface area contributed by atoms with E-state index < -0.39 is 5.60 Å². The van der Waals surface area contributed by atoms with Gasteiger partial charge in [0.15, 0.2) is 5.82 Å². The van der Waals surface area contributed by atoms with E-state index in [0.29, 0.717) is 31.4 Å². The van der Waals surface area contributed by atoms with E-state index >= 15 is 0 Å². The Kier molecular flexibility index (Phi) is 4.21. The first-order valence-corrected chi connectivity index (χ1v) is 6.69. The normalized spacial score (nSPS) is 23.6. The van der Waals surface area contributed by atoms with E-state index in [9.17, 15) is 5.11 Å². The molecule has 0 saturated carbocycles. The van der Waals surface area contributed by atoms with Gasteiger partial charge in [-0.1, -0.05) is 0 Å². The predicted octanol–water partition coefficient (Wildman–Crippen LogP) is 0.947. The summed E-state index contributed by atoms with van der Waals surface area (Å²) >= 11 is 0. The Balaban J connectivity index is 2.16. The van der Waals surface area contributed by atoms with Gasteiger partial charge in [-0.15, -0.1) is 0 Å². The molecule has 0 spiro atoms. The quantitative estimate of drug-likeness (QED) is 0.844. The van der Waals surface area contributed by atoms with E-state index in [4.69, 9.17) is 10.5 Å². The number of nitrogens with two attached hydrogens (primary N) is 1. The van der Waals surface area contributed by atoms with Gasteiger partial charge in [0.2, 0.25) is 0 Å². The molecule has 0 aliphatic carbocycles. The molecule has 1 fully saturated rings. The van der Waals surface area contributed by atoms with Crippen LogP contribution in [0.25, 0.3) is 0 Å². The van der Waals surface area contributed by atoms with Crippen LogP contribution in [0.1, 0.15) is 32.5 Å². The number of β-amino-alcohol motifs (C(OH)–C–C–N with tert-alkyl or cyclic N) is 1. The van der Waals surface area contributed by atoms with Crippen LogP contribution >= 0.6 is 0 Å². The van der Waals surface area contributed by atoms with Gasteiger partial charge in [0.25, 0.3) is 0 Å². The highest BCUT2D eigenvalue weighted by molar-refractivity contribution is 5.47. The van der Waals surface area contributed by atoms with Crippen LogP contribution in [0.3, 0.4) is 0 Å². The van der Waals surface area contributed by atoms with Gasteiger partial charge in [-0.2, -0.15) is 0 Å². The Morgan fingerprint density at radius 2 is 2.32 bits per heavy atom. The molecule has 2 rings (SSSR count). The summed E-state index contributed by atoms with van der Waals surface area (Å²) in [6.45, 7) is 6.20. The fourth-order valence-electron chi connectivity index (χ4n) is 2.34. The zero-order valence-corrected chi connectivity index (χ0v) is 11.6. The lowest BCUT2D eigenvalue weighted by molar-refractivity contribution is 0.0446. The molecule has 1 atom stereocenters. The smallest absolute Gasteiger partial charge is 0.158 e. The van der Waals surface area contributed by atoms with Crippen molar-refractivity contribution in [2.45, 2.75) is 38.9 Å². The van der Waals surface area contributed by atoms with E-state index in [1.165, 1.54) is 0 Å². The third-order valence-electron chi connectivity index (χ3n) is 3.21. The molecule has 1 saturated heterocycles. The van der Waals surface area contributed by atoms with Crippen molar-refractivity contribution in [2.75, 3.05) is 30.3 Å². The number of rotatable bonds is 4. The second-order valence-electron chi connectivity index (χ2n) is 5.23. The number of hydrogen-bond acceptors (Lipinski definition) is 6. The Morgan fingerprint density at radius 3 is 3.00 bits per heavy atom. The van der Waals surface area contributed by atoms with Crippen molar-refractivity contribution in [3.05, 3.63) is 11.9 Å². The lowest BCUT2D eigenvalue weighted by Gasteiger charge is -2.37. The molecular formula is C13H22N4O2. The number of aromatic nitrogens is 2. The highest BCUT2D eigenvalue weighted by atomic mass is 16.5. The van der Waals surface area contributed by atoms with Gasteiger partial charge in [-0.3, -0.25) is 0 Å². The van der Waals surface area contributed by atoms with Gasteiger partial charge in [-0.05, 0) is 26.7 Å². The number of ether oxygens (including phenoxy) is 1. The Morgan fingerprint density at radius 1 is 1.53 bits per heavy atom. The van der Waals surface area contributed by atoms with E-state index in [1.54, 1.807) is 6.07 Å². The molecular weight excluding hydrogens is 244 g/mol. The molecule has 106 valence electrons. The van der Waals surface area contributed by atoms with Crippen molar-refractivity contribution in [1.82, 2.24) is 9.97 Å². The van der Waals surface area contributed by atoms with Crippen LogP contribution in [0, 0.1) is 0 Å². The highest BCUT2D eigenvalue weighted by Gasteiger charge is 2.29. The summed E-state index contributed by atoms with van der Waals surface area (Å²) < 4.78 is 5.31. The summed E-state index contributed by atoms with van der Waals surface area (Å²) in [7, 11) is 0. The lowest BCUT2D eigenvalue weighted by atomic mass is 9.95. The zero-order valence-electron chi connectivity index (χ0n) is 11.6. The number of piperidine rings is 1. The summed E-state index contributed by atoms with van der Waals surface area (Å²) in [5, 5.41) is 10.1. The maximum Gasteiger partial charge on any atom is 0.158 e. The molecule has 0 radical (unpaired) electrons. The number of anilines is 2. The van der Waals surface area contributed by atoms with Crippen LogP contribution in [0.4, 0.5) is 11.6 Å². The fourth-order valence-corrected chi connectivity index (χ4v) is 2.34. The van der Waals surface area contributed by atoms with Crippen molar-refractivity contribution < 1.29 is 9.84 Å². The summed E-state index contributed by atoms with van der Waals surface area (Å²) in [6, 6.07) is 1.75. The van der Waals surface area contributed by atoms with Crippen molar-refractivity contribution in [1.29, 1.82) is 0 Å². The first-order valence-electron chi connectivity index (χ1n) is 6.69. The minimum absolute atomic E-state index is 0.360. The Hall–Kier alpha value is -1.40. The van der Waals surface area contributed by atoms with Gasteiger partial charge in [0.05, 0.1) is 5.60 Å². The lowest BCUT2D eigenvalue weighted by Crippen LogP contribution is -2.46. The maximum atomic E-state index is 10.1. The molecule has 0 amide bonds. The van der Waals surface area contributed by atoms with E-state index in [-0.39, 0.29) is 0 Å². The van der Waals surface area contributed by atoms with Gasteiger partial charge in [0, 0.05) is 25.8 Å². The first kappa shape index (κ1) is 14.0. The van der Waals surface area contributed by atoms with Crippen LogP contribution in [0.5, 0.6) is 0 Å². The van der Waals surface area contributed by atoms with Crippen LogP contribution < -0.4 is 10.6 Å². The van der Waals surface area contributed by atoms with Crippen molar-refractivity contribution in [2.24, 2.45) is 0 Å². The van der Waals surface area contributed by atoms with E-state index in [1.807, 2.05) is 13.8 Å². The molecule has 6 heteroatoms. The third-order valence-corrected chi connectivity index (χ3v) is 3.21. The van der Waals surface area contributed by atoms with Gasteiger partial charge in [0.1, 0.15) is 18.2 Å². The van der Waals surface area contributed by atoms with Crippen molar-refractivity contribution in [3.63, 3.8) is 0 Å². The number of aliphatic hydroxyl groups is 1. The molecule has 1 aliphatic rings. The molecule has 2 heterocycles. The molecule has 1 aromatic heterocycles. The molecule has 6 nitrogen and oxygen atoms in total. The van der Waals surface area contributed by atoms with Crippen molar-refractivity contribution >= 4 is 11.6 Å². The molecule has 0 aromatic carbocycles. The Bertz CT molecular complexity index is 437. The molecule has 3 N–H and O–H groups in total. The number of hydrogen-bond donors (Lipinski definition) is 2. The first-order chi connectivity index (χ1) is 9.00. The van der Waals surface area contributed by atoms with E-state index in [2.05, 4.69) is 14.9 Å². The highest BCUT2D eigenvalue weighted by Crippen LogP contribution is 2.25. The summed E-state index contributed by atoms with van der Waals surface area (Å²) in [4.78, 5) is 10.7. The largest absolute Gasteiger partial charge is 0.388 e. The SMILES string of the molecule is CCOCc1nc(N)cc(N2CCCC(C)(O)C2)n1. The second kappa shape index (κ2) is 5.71. The van der Waals surface area contributed by atoms with Crippen molar-refractivity contribution in [3.8, 4) is 0 Å². The molecule has 1 unspecified atom stereocenters. The average molecular weight is 266 g/mol. The summed E-state index contributed by atoms with van der Waals surface area (Å²) in [6.07, 6.45) is 1.76. The molecule has 1 aromatic rings. The minimum atomic E-state index is -0.669.